The quantitative estimate of drug-likeness (QED) is 0.465. The number of carbonyl (C=O) groups is 4. The predicted molar refractivity (Wildman–Crippen MR) is 116 cm³/mol. The topological polar surface area (TPSA) is 125 Å². The van der Waals surface area contributed by atoms with E-state index in [2.05, 4.69) is 5.32 Å². The molecule has 0 aliphatic carbocycles. The Kier molecular flexibility index (Phi) is 7.61. The van der Waals surface area contributed by atoms with Crippen LogP contribution in [0.1, 0.15) is 6.92 Å². The number of hydrogen-bond acceptors (Lipinski definition) is 7. The number of fused-ring (bicyclic) bond motifs is 1. The molecule has 1 atom stereocenters. The molecule has 0 aromatic heterocycles. The van der Waals surface area contributed by atoms with Gasteiger partial charge < -0.3 is 29.6 Å². The zero-order chi connectivity index (χ0) is 23.1. The standard InChI is InChI=1S/C22H25N3O7/c1-2-31-22(30)25-10-8-24(9-11-25)18(13-26)21(29)23-16-6-7-17-15(12-16)4-3-5-19(17)32-14-20(27)28/h3-7,12-13,18H,2,8-11,14H2,1H3,(H,23,29)(H,27,28). The first-order chi connectivity index (χ1) is 15.4. The normalized spacial score (nSPS) is 15.1. The number of rotatable bonds is 8. The van der Waals surface area contributed by atoms with E-state index in [0.29, 0.717) is 49.3 Å². The Morgan fingerprint density at radius 2 is 1.91 bits per heavy atom. The summed E-state index contributed by atoms with van der Waals surface area (Å²) in [5.41, 5.74) is 0.495. The molecule has 10 heteroatoms. The number of anilines is 1. The second kappa shape index (κ2) is 10.6. The average Bonchev–Trinajstić information content (AvgIpc) is 2.78. The lowest BCUT2D eigenvalue weighted by atomic mass is 10.1. The van der Waals surface area contributed by atoms with E-state index in [1.165, 1.54) is 0 Å². The highest BCUT2D eigenvalue weighted by Gasteiger charge is 2.30. The number of nitrogens with zero attached hydrogens (tertiary/aromatic N) is 2. The molecule has 170 valence electrons. The molecule has 0 saturated carbocycles. The smallest absolute Gasteiger partial charge is 0.409 e. The Morgan fingerprint density at radius 1 is 1.16 bits per heavy atom. The molecule has 1 aliphatic heterocycles. The first kappa shape index (κ1) is 23.0. The zero-order valence-electron chi connectivity index (χ0n) is 17.7. The third kappa shape index (κ3) is 5.52. The van der Waals surface area contributed by atoms with Crippen molar-refractivity contribution in [1.82, 2.24) is 9.80 Å². The highest BCUT2D eigenvalue weighted by Crippen LogP contribution is 2.28. The Bertz CT molecular complexity index is 1000. The molecule has 32 heavy (non-hydrogen) atoms. The van der Waals surface area contributed by atoms with Gasteiger partial charge in [0.1, 0.15) is 18.1 Å². The first-order valence-corrected chi connectivity index (χ1v) is 10.2. The van der Waals surface area contributed by atoms with Crippen LogP contribution in [0.5, 0.6) is 5.75 Å². The molecule has 0 bridgehead atoms. The number of aliphatic carboxylic acids is 1. The Morgan fingerprint density at radius 3 is 2.56 bits per heavy atom. The van der Waals surface area contributed by atoms with Crippen molar-refractivity contribution >= 4 is 40.7 Å². The number of ether oxygens (including phenoxy) is 2. The van der Waals surface area contributed by atoms with Crippen LogP contribution in [0.15, 0.2) is 36.4 Å². The molecule has 2 amide bonds. The molecular weight excluding hydrogens is 418 g/mol. The maximum absolute atomic E-state index is 12.8. The molecule has 10 nitrogen and oxygen atoms in total. The summed E-state index contributed by atoms with van der Waals surface area (Å²) in [5.74, 6) is -1.12. The first-order valence-electron chi connectivity index (χ1n) is 10.2. The van der Waals surface area contributed by atoms with Crippen LogP contribution in [0.4, 0.5) is 10.5 Å². The van der Waals surface area contributed by atoms with E-state index >= 15 is 0 Å². The molecule has 0 radical (unpaired) electrons. The van der Waals surface area contributed by atoms with Gasteiger partial charge in [-0.25, -0.2) is 9.59 Å². The Labute approximate surface area is 184 Å². The van der Waals surface area contributed by atoms with Crippen LogP contribution >= 0.6 is 0 Å². The average molecular weight is 443 g/mol. The fourth-order valence-corrected chi connectivity index (χ4v) is 3.52. The fraction of sp³-hybridized carbons (Fsp3) is 0.364. The van der Waals surface area contributed by atoms with Crippen LogP contribution in [-0.4, -0.2) is 84.6 Å². The summed E-state index contributed by atoms with van der Waals surface area (Å²) in [6, 6.07) is 9.32. The van der Waals surface area contributed by atoms with Crippen molar-refractivity contribution in [2.75, 3.05) is 44.7 Å². The lowest BCUT2D eigenvalue weighted by molar-refractivity contribution is -0.139. The van der Waals surface area contributed by atoms with Crippen molar-refractivity contribution in [2.45, 2.75) is 13.0 Å². The summed E-state index contributed by atoms with van der Waals surface area (Å²) in [6.45, 7) is 3.04. The number of piperazine rings is 1. The molecule has 2 N–H and O–H groups in total. The van der Waals surface area contributed by atoms with Crippen molar-refractivity contribution in [2.24, 2.45) is 0 Å². The van der Waals surface area contributed by atoms with Crippen molar-refractivity contribution in [3.63, 3.8) is 0 Å². The molecule has 1 heterocycles. The van der Waals surface area contributed by atoms with Crippen molar-refractivity contribution < 1.29 is 33.8 Å². The molecule has 1 fully saturated rings. The Hall–Kier alpha value is -3.66. The monoisotopic (exact) mass is 443 g/mol. The van der Waals surface area contributed by atoms with Crippen molar-refractivity contribution in [3.05, 3.63) is 36.4 Å². The number of hydrogen-bond donors (Lipinski definition) is 2. The van der Waals surface area contributed by atoms with Gasteiger partial charge in [0, 0.05) is 37.3 Å². The molecule has 1 saturated heterocycles. The van der Waals surface area contributed by atoms with Gasteiger partial charge >= 0.3 is 12.1 Å². The number of carboxylic acid groups (broad SMARTS) is 1. The van der Waals surface area contributed by atoms with Gasteiger partial charge in [-0.3, -0.25) is 9.69 Å². The number of nitrogens with one attached hydrogen (secondary N) is 1. The van der Waals surface area contributed by atoms with Gasteiger partial charge in [-0.2, -0.15) is 0 Å². The van der Waals surface area contributed by atoms with Gasteiger partial charge in [-0.15, -0.1) is 0 Å². The van der Waals surface area contributed by atoms with Crippen LogP contribution in [-0.2, 0) is 19.1 Å². The van der Waals surface area contributed by atoms with E-state index in [9.17, 15) is 19.2 Å². The molecule has 1 unspecified atom stereocenters. The summed E-state index contributed by atoms with van der Waals surface area (Å²) in [6.07, 6.45) is 0.191. The van der Waals surface area contributed by atoms with Crippen molar-refractivity contribution in [1.29, 1.82) is 0 Å². The third-order valence-electron chi connectivity index (χ3n) is 5.09. The predicted octanol–water partition coefficient (Wildman–Crippen LogP) is 1.58. The molecule has 1 aliphatic rings. The number of aldehydes is 1. The molecular formula is C22H25N3O7. The van der Waals surface area contributed by atoms with Gasteiger partial charge in [-0.05, 0) is 36.6 Å². The van der Waals surface area contributed by atoms with Gasteiger partial charge in [0.2, 0.25) is 5.91 Å². The highest BCUT2D eigenvalue weighted by atomic mass is 16.6. The number of carboxylic acids is 1. The van der Waals surface area contributed by atoms with E-state index in [1.807, 2.05) is 6.07 Å². The fourth-order valence-electron chi connectivity index (χ4n) is 3.52. The molecule has 2 aromatic carbocycles. The summed E-state index contributed by atoms with van der Waals surface area (Å²) >= 11 is 0. The number of carbonyl (C=O) groups excluding carboxylic acids is 3. The molecule has 3 rings (SSSR count). The van der Waals surface area contributed by atoms with E-state index in [4.69, 9.17) is 14.6 Å². The van der Waals surface area contributed by atoms with Crippen LogP contribution < -0.4 is 10.1 Å². The maximum Gasteiger partial charge on any atom is 0.409 e. The van der Waals surface area contributed by atoms with E-state index < -0.39 is 30.6 Å². The Balaban J connectivity index is 1.65. The van der Waals surface area contributed by atoms with Gasteiger partial charge in [0.05, 0.1) is 6.61 Å². The lowest BCUT2D eigenvalue weighted by Gasteiger charge is -2.36. The second-order valence-corrected chi connectivity index (χ2v) is 7.17. The third-order valence-corrected chi connectivity index (χ3v) is 5.09. The van der Waals surface area contributed by atoms with Crippen LogP contribution in [0.3, 0.4) is 0 Å². The summed E-state index contributed by atoms with van der Waals surface area (Å²) < 4.78 is 10.3. The lowest BCUT2D eigenvalue weighted by Crippen LogP contribution is -2.55. The minimum Gasteiger partial charge on any atom is -0.481 e. The van der Waals surface area contributed by atoms with Crippen LogP contribution in [0.25, 0.3) is 10.8 Å². The summed E-state index contributed by atoms with van der Waals surface area (Å²) in [4.78, 5) is 50.3. The van der Waals surface area contributed by atoms with Gasteiger partial charge in [0.15, 0.2) is 6.61 Å². The van der Waals surface area contributed by atoms with Gasteiger partial charge in [0.25, 0.3) is 0 Å². The zero-order valence-corrected chi connectivity index (χ0v) is 17.7. The van der Waals surface area contributed by atoms with Gasteiger partial charge in [-0.1, -0.05) is 12.1 Å². The molecule has 0 spiro atoms. The minimum atomic E-state index is -1.08. The van der Waals surface area contributed by atoms with E-state index in [1.54, 1.807) is 47.1 Å². The second-order valence-electron chi connectivity index (χ2n) is 7.17. The van der Waals surface area contributed by atoms with E-state index in [0.717, 1.165) is 5.39 Å². The largest absolute Gasteiger partial charge is 0.481 e. The highest BCUT2D eigenvalue weighted by molar-refractivity contribution is 6.05. The summed E-state index contributed by atoms with van der Waals surface area (Å²) in [7, 11) is 0. The summed E-state index contributed by atoms with van der Waals surface area (Å²) in [5, 5.41) is 13.0. The van der Waals surface area contributed by atoms with Crippen molar-refractivity contribution in [3.8, 4) is 5.75 Å². The SMILES string of the molecule is CCOC(=O)N1CCN(C(C=O)C(=O)Nc2ccc3c(OCC(=O)O)cccc3c2)CC1. The van der Waals surface area contributed by atoms with Crippen LogP contribution in [0.2, 0.25) is 0 Å². The maximum atomic E-state index is 12.8. The number of benzene rings is 2. The van der Waals surface area contributed by atoms with E-state index in [-0.39, 0.29) is 6.61 Å². The van der Waals surface area contributed by atoms with Crippen LogP contribution in [0, 0.1) is 0 Å². The minimum absolute atomic E-state index is 0.289. The molecule has 2 aromatic rings. The number of amides is 2.